The summed E-state index contributed by atoms with van der Waals surface area (Å²) in [5.41, 5.74) is 0.859. The number of hydrogen-bond acceptors (Lipinski definition) is 5. The normalized spacial score (nSPS) is 19.7. The smallest absolute Gasteiger partial charge is 0.261 e. The molecule has 3 aromatic rings. The number of hydrogen-bond donors (Lipinski definition) is 3. The van der Waals surface area contributed by atoms with E-state index in [0.29, 0.717) is 29.5 Å². The van der Waals surface area contributed by atoms with Crippen LogP contribution in [0, 0.1) is 11.6 Å². The first-order valence-corrected chi connectivity index (χ1v) is 9.97. The quantitative estimate of drug-likeness (QED) is 0.555. The Labute approximate surface area is 184 Å². The van der Waals surface area contributed by atoms with Crippen LogP contribution in [-0.4, -0.2) is 44.6 Å². The van der Waals surface area contributed by atoms with Crippen molar-refractivity contribution in [2.24, 2.45) is 0 Å². The van der Waals surface area contributed by atoms with Gasteiger partial charge in [0.1, 0.15) is 0 Å². The highest BCUT2D eigenvalue weighted by atomic mass is 35.5. The van der Waals surface area contributed by atoms with Gasteiger partial charge < -0.3 is 15.5 Å². The van der Waals surface area contributed by atoms with E-state index in [0.717, 1.165) is 25.1 Å². The molecule has 0 unspecified atom stereocenters. The maximum absolute atomic E-state index is 13.7. The molecule has 0 aliphatic carbocycles. The fraction of sp³-hybridized carbons (Fsp3) is 0.364. The number of halogens is 3. The fourth-order valence-electron chi connectivity index (χ4n) is 4.01. The second kappa shape index (κ2) is 9.82. The molecule has 4 rings (SSSR count). The molecule has 1 fully saturated rings. The average molecular weight is 452 g/mol. The van der Waals surface area contributed by atoms with Crippen molar-refractivity contribution in [1.82, 2.24) is 14.9 Å². The molecule has 6 nitrogen and oxygen atoms in total. The molecule has 2 heterocycles. The summed E-state index contributed by atoms with van der Waals surface area (Å²) in [5, 5.41) is 24.0. The molecule has 166 valence electrons. The van der Waals surface area contributed by atoms with Crippen molar-refractivity contribution in [3.63, 3.8) is 0 Å². The third-order valence-electron chi connectivity index (χ3n) is 5.57. The van der Waals surface area contributed by atoms with E-state index in [1.807, 2.05) is 0 Å². The zero-order chi connectivity index (χ0) is 21.3. The predicted molar refractivity (Wildman–Crippen MR) is 116 cm³/mol. The van der Waals surface area contributed by atoms with E-state index < -0.39 is 23.8 Å². The highest BCUT2D eigenvalue weighted by Gasteiger charge is 2.25. The summed E-state index contributed by atoms with van der Waals surface area (Å²) in [4.78, 5) is 17.4. The number of nitrogens with zero attached hydrogens (tertiary/aromatic N) is 2. The summed E-state index contributed by atoms with van der Waals surface area (Å²) in [6, 6.07) is 8.27. The molecule has 0 spiro atoms. The molecule has 1 saturated heterocycles. The molecule has 2 aromatic carbocycles. The van der Waals surface area contributed by atoms with E-state index in [4.69, 9.17) is 0 Å². The molecule has 31 heavy (non-hydrogen) atoms. The van der Waals surface area contributed by atoms with Crippen LogP contribution >= 0.6 is 12.4 Å². The molecule has 0 amide bonds. The van der Waals surface area contributed by atoms with Crippen molar-refractivity contribution < 1.29 is 19.0 Å². The van der Waals surface area contributed by atoms with Crippen LogP contribution in [0.15, 0.2) is 47.5 Å². The first-order chi connectivity index (χ1) is 14.4. The highest BCUT2D eigenvalue weighted by Crippen LogP contribution is 2.27. The minimum absolute atomic E-state index is 0. The lowest BCUT2D eigenvalue weighted by Crippen LogP contribution is -2.47. The summed E-state index contributed by atoms with van der Waals surface area (Å²) >= 11 is 0. The first-order valence-electron chi connectivity index (χ1n) is 9.97. The maximum Gasteiger partial charge on any atom is 0.261 e. The Morgan fingerprint density at radius 2 is 2.03 bits per heavy atom. The minimum Gasteiger partial charge on any atom is -0.392 e. The summed E-state index contributed by atoms with van der Waals surface area (Å²) in [6.07, 6.45) is 1.85. The summed E-state index contributed by atoms with van der Waals surface area (Å²) in [5.74, 6) is -1.96. The van der Waals surface area contributed by atoms with Crippen LogP contribution in [0.25, 0.3) is 22.0 Å². The van der Waals surface area contributed by atoms with Gasteiger partial charge in [0, 0.05) is 6.04 Å². The Kier molecular flexibility index (Phi) is 7.38. The van der Waals surface area contributed by atoms with Crippen molar-refractivity contribution in [3.8, 4) is 11.1 Å². The number of nitrogens with one attached hydrogen (secondary N) is 1. The van der Waals surface area contributed by atoms with Crippen LogP contribution in [0.1, 0.15) is 19.3 Å². The Bertz CT molecular complexity index is 1120. The van der Waals surface area contributed by atoms with E-state index in [-0.39, 0.29) is 35.9 Å². The lowest BCUT2D eigenvalue weighted by Gasteiger charge is -2.30. The SMILES string of the molecule is Cl.O=c1c2c(-c3ccc(F)c(F)c3)cccc2ncn1C[C@@H](O)C[C@H]1NCCC[C@@H]1O. The van der Waals surface area contributed by atoms with Gasteiger partial charge in [-0.05, 0) is 55.1 Å². The number of fused-ring (bicyclic) bond motifs is 1. The Morgan fingerprint density at radius 3 is 2.77 bits per heavy atom. The largest absolute Gasteiger partial charge is 0.392 e. The molecular weight excluding hydrogens is 428 g/mol. The van der Waals surface area contributed by atoms with Crippen LogP contribution in [-0.2, 0) is 6.54 Å². The standard InChI is InChI=1S/C22H23F2N3O3.ClH/c23-16-7-6-13(9-17(16)24)15-3-1-4-18-21(15)22(30)27(12-26-18)11-14(28)10-19-20(29)5-2-8-25-19;/h1,3-4,6-7,9,12,14,19-20,25,28-29H,2,5,8,10-11H2;1H/t14-,19+,20-;/m0./s1. The van der Waals surface area contributed by atoms with E-state index in [9.17, 15) is 23.8 Å². The second-order valence-electron chi connectivity index (χ2n) is 7.69. The summed E-state index contributed by atoms with van der Waals surface area (Å²) < 4.78 is 28.4. The van der Waals surface area contributed by atoms with Crippen molar-refractivity contribution in [2.45, 2.75) is 44.1 Å². The molecule has 0 bridgehead atoms. The van der Waals surface area contributed by atoms with Crippen LogP contribution in [0.5, 0.6) is 0 Å². The van der Waals surface area contributed by atoms with Gasteiger partial charge in [0.2, 0.25) is 0 Å². The Balaban J connectivity index is 0.00000272. The molecule has 1 aromatic heterocycles. The number of aliphatic hydroxyl groups excluding tert-OH is 2. The molecule has 1 aliphatic rings. The average Bonchev–Trinajstić information content (AvgIpc) is 2.73. The lowest BCUT2D eigenvalue weighted by molar-refractivity contribution is 0.0539. The van der Waals surface area contributed by atoms with Gasteiger partial charge >= 0.3 is 0 Å². The Morgan fingerprint density at radius 1 is 1.23 bits per heavy atom. The van der Waals surface area contributed by atoms with Gasteiger partial charge in [-0.2, -0.15) is 0 Å². The van der Waals surface area contributed by atoms with Crippen molar-refractivity contribution in [3.05, 3.63) is 64.7 Å². The molecule has 0 radical (unpaired) electrons. The summed E-state index contributed by atoms with van der Waals surface area (Å²) in [7, 11) is 0. The van der Waals surface area contributed by atoms with Gasteiger partial charge in [0.05, 0.1) is 36.0 Å². The predicted octanol–water partition coefficient (Wildman–Crippen LogP) is 2.63. The third-order valence-corrected chi connectivity index (χ3v) is 5.57. The fourth-order valence-corrected chi connectivity index (χ4v) is 4.01. The van der Waals surface area contributed by atoms with Gasteiger partial charge in [-0.1, -0.05) is 18.2 Å². The number of aromatic nitrogens is 2. The second-order valence-corrected chi connectivity index (χ2v) is 7.69. The van der Waals surface area contributed by atoms with Crippen LogP contribution in [0.3, 0.4) is 0 Å². The molecule has 9 heteroatoms. The van der Waals surface area contributed by atoms with E-state index in [2.05, 4.69) is 10.3 Å². The molecule has 0 saturated carbocycles. The first kappa shape index (κ1) is 23.3. The van der Waals surface area contributed by atoms with Crippen LogP contribution < -0.4 is 10.9 Å². The van der Waals surface area contributed by atoms with Crippen LogP contribution in [0.4, 0.5) is 8.78 Å². The highest BCUT2D eigenvalue weighted by molar-refractivity contribution is 5.93. The van der Waals surface area contributed by atoms with Crippen LogP contribution in [0.2, 0.25) is 0 Å². The minimum atomic E-state index is -0.998. The zero-order valence-corrected chi connectivity index (χ0v) is 17.5. The van der Waals surface area contributed by atoms with Crippen molar-refractivity contribution >= 4 is 23.3 Å². The van der Waals surface area contributed by atoms with Gasteiger partial charge in [-0.3, -0.25) is 9.36 Å². The molecule has 3 atom stereocenters. The third kappa shape index (κ3) is 4.93. The number of aliphatic hydroxyl groups is 2. The van der Waals surface area contributed by atoms with Gasteiger partial charge in [-0.25, -0.2) is 13.8 Å². The lowest BCUT2D eigenvalue weighted by atomic mass is 9.96. The van der Waals surface area contributed by atoms with E-state index in [1.165, 1.54) is 17.0 Å². The van der Waals surface area contributed by atoms with Gasteiger partial charge in [0.15, 0.2) is 11.6 Å². The van der Waals surface area contributed by atoms with Gasteiger partial charge in [0.25, 0.3) is 5.56 Å². The molecule has 1 aliphatic heterocycles. The van der Waals surface area contributed by atoms with Crippen molar-refractivity contribution in [2.75, 3.05) is 6.54 Å². The Hall–Kier alpha value is -2.39. The van der Waals surface area contributed by atoms with Gasteiger partial charge in [-0.15, -0.1) is 12.4 Å². The number of piperidine rings is 1. The van der Waals surface area contributed by atoms with E-state index in [1.54, 1.807) is 18.2 Å². The maximum atomic E-state index is 13.7. The monoisotopic (exact) mass is 451 g/mol. The topological polar surface area (TPSA) is 87.4 Å². The zero-order valence-electron chi connectivity index (χ0n) is 16.7. The van der Waals surface area contributed by atoms with Crippen molar-refractivity contribution in [1.29, 1.82) is 0 Å². The molecular formula is C22H24ClF2N3O3. The molecule has 3 N–H and O–H groups in total. The summed E-state index contributed by atoms with van der Waals surface area (Å²) in [6.45, 7) is 0.794. The number of benzene rings is 2. The number of rotatable bonds is 5. The van der Waals surface area contributed by atoms with E-state index >= 15 is 0 Å².